The van der Waals surface area contributed by atoms with E-state index < -0.39 is 0 Å². The third-order valence-electron chi connectivity index (χ3n) is 3.93. The molecule has 0 unspecified atom stereocenters. The number of rotatable bonds is 6. The van der Waals surface area contributed by atoms with Gasteiger partial charge in [0.05, 0.1) is 6.54 Å². The quantitative estimate of drug-likeness (QED) is 0.323. The van der Waals surface area contributed by atoms with Gasteiger partial charge in [-0.05, 0) is 34.9 Å². The summed E-state index contributed by atoms with van der Waals surface area (Å²) in [6.07, 6.45) is 3.72. The first-order valence-corrected chi connectivity index (χ1v) is 8.47. The lowest BCUT2D eigenvalue weighted by molar-refractivity contribution is 0.624. The van der Waals surface area contributed by atoms with Crippen LogP contribution in [0.25, 0.3) is 0 Å². The largest absolute Gasteiger partial charge is 0.352 e. The molecule has 142 valence electrons. The molecule has 3 rings (SSSR count). The van der Waals surface area contributed by atoms with Crippen LogP contribution in [0.5, 0.6) is 0 Å². The Balaban J connectivity index is 0.00000261. The van der Waals surface area contributed by atoms with Gasteiger partial charge in [-0.25, -0.2) is 4.39 Å². The number of aromatic nitrogens is 2. The van der Waals surface area contributed by atoms with Crippen molar-refractivity contribution < 1.29 is 4.39 Å². The van der Waals surface area contributed by atoms with Gasteiger partial charge >= 0.3 is 0 Å². The zero-order chi connectivity index (χ0) is 18.2. The second-order valence-corrected chi connectivity index (χ2v) is 5.93. The topological polar surface area (TPSA) is 54.2 Å². The summed E-state index contributed by atoms with van der Waals surface area (Å²) >= 11 is 0. The van der Waals surface area contributed by atoms with Crippen LogP contribution in [0.1, 0.15) is 16.7 Å². The smallest absolute Gasteiger partial charge is 0.191 e. The van der Waals surface area contributed by atoms with Gasteiger partial charge < -0.3 is 10.6 Å². The predicted molar refractivity (Wildman–Crippen MR) is 117 cm³/mol. The van der Waals surface area contributed by atoms with Crippen molar-refractivity contribution in [2.45, 2.75) is 19.6 Å². The molecule has 0 saturated heterocycles. The van der Waals surface area contributed by atoms with Gasteiger partial charge in [0.2, 0.25) is 0 Å². The van der Waals surface area contributed by atoms with Gasteiger partial charge in [-0.3, -0.25) is 9.67 Å². The Morgan fingerprint density at radius 3 is 2.30 bits per heavy atom. The monoisotopic (exact) mass is 479 g/mol. The number of aliphatic imine (C=N–C) groups is 1. The maximum atomic E-state index is 13.2. The molecule has 5 nitrogen and oxygen atoms in total. The summed E-state index contributed by atoms with van der Waals surface area (Å²) in [6, 6.07) is 16.8. The molecule has 0 radical (unpaired) electrons. The summed E-state index contributed by atoms with van der Waals surface area (Å²) in [6.45, 7) is 1.90. The van der Waals surface area contributed by atoms with E-state index in [0.29, 0.717) is 19.0 Å². The van der Waals surface area contributed by atoms with Crippen LogP contribution in [0.2, 0.25) is 0 Å². The normalized spacial score (nSPS) is 11.0. The highest BCUT2D eigenvalue weighted by Crippen LogP contribution is 2.07. The standard InChI is InChI=1S/C20H22FN5.HI/c1-22-20(24-14-17-6-3-8-19(21)12-17)23-13-16-5-2-7-18(11-16)15-26-10-4-9-25-26;/h2-12H,13-15H2,1H3,(H2,22,23,24);1H. The lowest BCUT2D eigenvalue weighted by Gasteiger charge is -2.13. The van der Waals surface area contributed by atoms with Crippen LogP contribution in [-0.4, -0.2) is 22.8 Å². The zero-order valence-corrected chi connectivity index (χ0v) is 17.4. The van der Waals surface area contributed by atoms with Gasteiger partial charge in [0.15, 0.2) is 5.96 Å². The van der Waals surface area contributed by atoms with Crippen LogP contribution in [0.15, 0.2) is 72.0 Å². The molecule has 0 amide bonds. The fourth-order valence-electron chi connectivity index (χ4n) is 2.66. The van der Waals surface area contributed by atoms with E-state index in [0.717, 1.165) is 17.7 Å². The molecular formula is C20H23FIN5. The maximum absolute atomic E-state index is 13.2. The van der Waals surface area contributed by atoms with Gasteiger partial charge in [0, 0.05) is 32.5 Å². The maximum Gasteiger partial charge on any atom is 0.191 e. The van der Waals surface area contributed by atoms with Crippen LogP contribution in [0.4, 0.5) is 4.39 Å². The summed E-state index contributed by atoms with van der Waals surface area (Å²) < 4.78 is 15.1. The average Bonchev–Trinajstić information content (AvgIpc) is 3.15. The number of nitrogens with zero attached hydrogens (tertiary/aromatic N) is 3. The van der Waals surface area contributed by atoms with Crippen molar-refractivity contribution in [2.75, 3.05) is 7.05 Å². The number of hydrogen-bond donors (Lipinski definition) is 2. The average molecular weight is 479 g/mol. The molecule has 0 bridgehead atoms. The second kappa shape index (κ2) is 10.7. The minimum absolute atomic E-state index is 0. The number of hydrogen-bond acceptors (Lipinski definition) is 2. The van der Waals surface area contributed by atoms with E-state index in [4.69, 9.17) is 0 Å². The number of guanidine groups is 1. The molecule has 0 aliphatic carbocycles. The Labute approximate surface area is 175 Å². The summed E-state index contributed by atoms with van der Waals surface area (Å²) in [5.41, 5.74) is 3.22. The molecule has 27 heavy (non-hydrogen) atoms. The first kappa shape index (κ1) is 20.9. The molecule has 0 saturated carbocycles. The Hall–Kier alpha value is -2.42. The molecule has 0 atom stereocenters. The molecule has 1 heterocycles. The van der Waals surface area contributed by atoms with E-state index >= 15 is 0 Å². The molecule has 3 aromatic rings. The first-order chi connectivity index (χ1) is 12.7. The molecular weight excluding hydrogens is 456 g/mol. The third kappa shape index (κ3) is 6.67. The highest BCUT2D eigenvalue weighted by Gasteiger charge is 2.02. The fraction of sp³-hybridized carbons (Fsp3) is 0.200. The fourth-order valence-corrected chi connectivity index (χ4v) is 2.66. The minimum atomic E-state index is -0.235. The highest BCUT2D eigenvalue weighted by molar-refractivity contribution is 14.0. The van der Waals surface area contributed by atoms with Crippen molar-refractivity contribution in [1.29, 1.82) is 0 Å². The predicted octanol–water partition coefficient (Wildman–Crippen LogP) is 3.55. The first-order valence-electron chi connectivity index (χ1n) is 8.47. The molecule has 2 N–H and O–H groups in total. The molecule has 7 heteroatoms. The van der Waals surface area contributed by atoms with Gasteiger partial charge in [-0.15, -0.1) is 24.0 Å². The lowest BCUT2D eigenvalue weighted by atomic mass is 10.1. The van der Waals surface area contributed by atoms with E-state index in [1.165, 1.54) is 17.7 Å². The Morgan fingerprint density at radius 1 is 1.00 bits per heavy atom. The van der Waals surface area contributed by atoms with Gasteiger partial charge in [-0.1, -0.05) is 36.4 Å². The van der Waals surface area contributed by atoms with Crippen molar-refractivity contribution in [3.63, 3.8) is 0 Å². The Morgan fingerprint density at radius 2 is 1.67 bits per heavy atom. The minimum Gasteiger partial charge on any atom is -0.352 e. The SMILES string of the molecule is CN=C(NCc1cccc(F)c1)NCc1cccc(Cn2cccn2)c1.I. The molecule has 0 spiro atoms. The second-order valence-electron chi connectivity index (χ2n) is 5.93. The summed E-state index contributed by atoms with van der Waals surface area (Å²) in [5, 5.41) is 10.7. The van der Waals surface area contributed by atoms with Crippen LogP contribution < -0.4 is 10.6 Å². The van der Waals surface area contributed by atoms with E-state index in [9.17, 15) is 4.39 Å². The Bertz CT molecular complexity index is 864. The number of halogens is 2. The summed E-state index contributed by atoms with van der Waals surface area (Å²) in [4.78, 5) is 4.21. The van der Waals surface area contributed by atoms with Crippen molar-refractivity contribution in [1.82, 2.24) is 20.4 Å². The number of benzene rings is 2. The van der Waals surface area contributed by atoms with Gasteiger partial charge in [0.25, 0.3) is 0 Å². The van der Waals surface area contributed by atoms with E-state index in [-0.39, 0.29) is 29.8 Å². The van der Waals surface area contributed by atoms with E-state index in [1.54, 1.807) is 19.3 Å². The van der Waals surface area contributed by atoms with Crippen LogP contribution in [-0.2, 0) is 19.6 Å². The molecule has 0 fully saturated rings. The summed E-state index contributed by atoms with van der Waals surface area (Å²) in [5.74, 6) is 0.438. The number of nitrogens with one attached hydrogen (secondary N) is 2. The molecule has 0 aliphatic rings. The van der Waals surface area contributed by atoms with Crippen LogP contribution in [0, 0.1) is 5.82 Å². The zero-order valence-electron chi connectivity index (χ0n) is 15.1. The molecule has 0 aliphatic heterocycles. The van der Waals surface area contributed by atoms with Crippen molar-refractivity contribution >= 4 is 29.9 Å². The van der Waals surface area contributed by atoms with E-state index in [1.807, 2.05) is 29.1 Å². The highest BCUT2D eigenvalue weighted by atomic mass is 127. The summed E-state index contributed by atoms with van der Waals surface area (Å²) in [7, 11) is 1.72. The van der Waals surface area contributed by atoms with Crippen molar-refractivity contribution in [3.8, 4) is 0 Å². The van der Waals surface area contributed by atoms with E-state index in [2.05, 4.69) is 38.9 Å². The lowest BCUT2D eigenvalue weighted by Crippen LogP contribution is -2.36. The van der Waals surface area contributed by atoms with Crippen LogP contribution >= 0.6 is 24.0 Å². The third-order valence-corrected chi connectivity index (χ3v) is 3.93. The molecule has 2 aromatic carbocycles. The molecule has 1 aromatic heterocycles. The van der Waals surface area contributed by atoms with Crippen molar-refractivity contribution in [3.05, 3.63) is 89.5 Å². The van der Waals surface area contributed by atoms with Crippen molar-refractivity contribution in [2.24, 2.45) is 4.99 Å². The van der Waals surface area contributed by atoms with Gasteiger partial charge in [0.1, 0.15) is 5.82 Å². The Kier molecular flexibility index (Phi) is 8.25. The van der Waals surface area contributed by atoms with Gasteiger partial charge in [-0.2, -0.15) is 5.10 Å². The van der Waals surface area contributed by atoms with Crippen LogP contribution in [0.3, 0.4) is 0 Å².